The van der Waals surface area contributed by atoms with Gasteiger partial charge in [-0.2, -0.15) is 0 Å². The molecule has 0 amide bonds. The van der Waals surface area contributed by atoms with Gasteiger partial charge in [-0.3, -0.25) is 0 Å². The van der Waals surface area contributed by atoms with Gasteiger partial charge in [-0.05, 0) is 38.8 Å². The molecule has 0 spiro atoms. The van der Waals surface area contributed by atoms with E-state index >= 15 is 0 Å². The third-order valence-electron chi connectivity index (χ3n) is 4.26. The Balaban J connectivity index is 2.06. The number of aromatic nitrogens is 2. The van der Waals surface area contributed by atoms with Crippen LogP contribution in [-0.4, -0.2) is 17.0 Å². The Morgan fingerprint density at radius 1 is 0.952 bits per heavy atom. The Labute approximate surface area is 126 Å². The normalized spacial score (nSPS) is 15.4. The summed E-state index contributed by atoms with van der Waals surface area (Å²) in [6, 6.07) is 8.63. The minimum atomic E-state index is 0.602. The second-order valence-corrected chi connectivity index (χ2v) is 6.11. The van der Waals surface area contributed by atoms with Crippen molar-refractivity contribution >= 4 is 5.82 Å². The third-order valence-corrected chi connectivity index (χ3v) is 4.26. The molecule has 1 fully saturated rings. The lowest BCUT2D eigenvalue weighted by molar-refractivity contribution is 0.696. The number of rotatable bonds is 3. The average Bonchev–Trinajstić information content (AvgIpc) is 3.00. The number of aryl methyl sites for hydroxylation is 2. The van der Waals surface area contributed by atoms with Crippen molar-refractivity contribution in [2.24, 2.45) is 0 Å². The predicted molar refractivity (Wildman–Crippen MR) is 87.7 cm³/mol. The summed E-state index contributed by atoms with van der Waals surface area (Å²) in [5.74, 6) is 2.36. The van der Waals surface area contributed by atoms with Gasteiger partial charge in [0.2, 0.25) is 0 Å². The summed E-state index contributed by atoms with van der Waals surface area (Å²) in [5.41, 5.74) is 4.82. The van der Waals surface area contributed by atoms with Crippen LogP contribution in [0.1, 0.15) is 48.4 Å². The second-order valence-electron chi connectivity index (χ2n) is 6.11. The Morgan fingerprint density at radius 2 is 1.62 bits per heavy atom. The quantitative estimate of drug-likeness (QED) is 0.902. The van der Waals surface area contributed by atoms with Crippen LogP contribution in [0, 0.1) is 13.8 Å². The maximum absolute atomic E-state index is 4.86. The summed E-state index contributed by atoms with van der Waals surface area (Å²) >= 11 is 0. The van der Waals surface area contributed by atoms with E-state index in [-0.39, 0.29) is 0 Å². The van der Waals surface area contributed by atoms with Gasteiger partial charge in [-0.15, -0.1) is 0 Å². The van der Waals surface area contributed by atoms with Crippen LogP contribution in [0.15, 0.2) is 24.3 Å². The van der Waals surface area contributed by atoms with Crippen LogP contribution in [0.4, 0.5) is 5.82 Å². The summed E-state index contributed by atoms with van der Waals surface area (Å²) in [4.78, 5) is 9.52. The number of nitrogens with zero attached hydrogens (tertiary/aromatic N) is 2. The van der Waals surface area contributed by atoms with E-state index in [9.17, 15) is 0 Å². The zero-order chi connectivity index (χ0) is 14.8. The Morgan fingerprint density at radius 3 is 2.24 bits per heavy atom. The molecule has 3 heteroatoms. The molecule has 1 aromatic heterocycles. The molecule has 0 atom stereocenters. The lowest BCUT2D eigenvalue weighted by atomic mass is 10.0. The highest BCUT2D eigenvalue weighted by Crippen LogP contribution is 2.34. The van der Waals surface area contributed by atoms with Gasteiger partial charge in [0.1, 0.15) is 5.82 Å². The number of hydrogen-bond acceptors (Lipinski definition) is 3. The summed E-state index contributed by atoms with van der Waals surface area (Å²) in [7, 11) is 1.92. The van der Waals surface area contributed by atoms with E-state index in [0.717, 1.165) is 17.2 Å². The van der Waals surface area contributed by atoms with Crippen molar-refractivity contribution in [3.8, 4) is 11.4 Å². The SMILES string of the molecule is CNc1cc(C2CCCC2)nc(-c2cc(C)cc(C)c2)n1. The van der Waals surface area contributed by atoms with Gasteiger partial charge in [0.15, 0.2) is 5.82 Å². The highest BCUT2D eigenvalue weighted by molar-refractivity contribution is 5.60. The zero-order valence-electron chi connectivity index (χ0n) is 13.1. The van der Waals surface area contributed by atoms with Gasteiger partial charge in [-0.25, -0.2) is 9.97 Å². The van der Waals surface area contributed by atoms with Crippen LogP contribution in [-0.2, 0) is 0 Å². The maximum atomic E-state index is 4.86. The summed E-state index contributed by atoms with van der Waals surface area (Å²) in [5, 5.41) is 3.18. The summed E-state index contributed by atoms with van der Waals surface area (Å²) < 4.78 is 0. The molecule has 3 nitrogen and oxygen atoms in total. The number of benzene rings is 1. The monoisotopic (exact) mass is 281 g/mol. The third kappa shape index (κ3) is 3.07. The van der Waals surface area contributed by atoms with Crippen LogP contribution in [0.5, 0.6) is 0 Å². The molecule has 0 unspecified atom stereocenters. The van der Waals surface area contributed by atoms with Gasteiger partial charge in [0, 0.05) is 30.3 Å². The van der Waals surface area contributed by atoms with E-state index in [0.29, 0.717) is 5.92 Å². The van der Waals surface area contributed by atoms with Gasteiger partial charge in [0.25, 0.3) is 0 Å². The zero-order valence-corrected chi connectivity index (χ0v) is 13.1. The molecule has 1 saturated carbocycles. The first-order valence-electron chi connectivity index (χ1n) is 7.81. The standard InChI is InChI=1S/C18H23N3/c1-12-8-13(2)10-15(9-12)18-20-16(11-17(19-3)21-18)14-6-4-5-7-14/h8-11,14H,4-7H2,1-3H3,(H,19,20,21). The van der Waals surface area contributed by atoms with Gasteiger partial charge in [0.05, 0.1) is 0 Å². The van der Waals surface area contributed by atoms with Crippen molar-refractivity contribution in [1.29, 1.82) is 0 Å². The molecular weight excluding hydrogens is 258 g/mol. The lowest BCUT2D eigenvalue weighted by Gasteiger charge is -2.13. The molecular formula is C18H23N3. The first-order chi connectivity index (χ1) is 10.2. The molecule has 1 heterocycles. The Hall–Kier alpha value is -1.90. The topological polar surface area (TPSA) is 37.8 Å². The summed E-state index contributed by atoms with van der Waals surface area (Å²) in [6.45, 7) is 4.24. The molecule has 21 heavy (non-hydrogen) atoms. The maximum Gasteiger partial charge on any atom is 0.161 e. The highest BCUT2D eigenvalue weighted by atomic mass is 15.0. The minimum absolute atomic E-state index is 0.602. The van der Waals surface area contributed by atoms with Crippen LogP contribution >= 0.6 is 0 Å². The van der Waals surface area contributed by atoms with E-state index in [1.54, 1.807) is 0 Å². The number of hydrogen-bond donors (Lipinski definition) is 1. The smallest absolute Gasteiger partial charge is 0.161 e. The number of anilines is 1. The van der Waals surface area contributed by atoms with E-state index < -0.39 is 0 Å². The van der Waals surface area contributed by atoms with E-state index in [1.807, 2.05) is 7.05 Å². The van der Waals surface area contributed by atoms with Gasteiger partial charge >= 0.3 is 0 Å². The van der Waals surface area contributed by atoms with Crippen molar-refractivity contribution in [1.82, 2.24) is 9.97 Å². The van der Waals surface area contributed by atoms with Gasteiger partial charge < -0.3 is 5.32 Å². The molecule has 1 N–H and O–H groups in total. The number of nitrogens with one attached hydrogen (secondary N) is 1. The molecule has 0 radical (unpaired) electrons. The predicted octanol–water partition coefficient (Wildman–Crippen LogP) is 4.46. The Bertz CT molecular complexity index is 623. The molecule has 1 aliphatic carbocycles. The molecule has 2 aromatic rings. The van der Waals surface area contributed by atoms with Crippen LogP contribution < -0.4 is 5.32 Å². The molecule has 110 valence electrons. The van der Waals surface area contributed by atoms with Gasteiger partial charge in [-0.1, -0.05) is 30.0 Å². The van der Waals surface area contributed by atoms with Crippen molar-refractivity contribution in [2.75, 3.05) is 12.4 Å². The van der Waals surface area contributed by atoms with E-state index in [4.69, 9.17) is 4.98 Å². The molecule has 0 saturated heterocycles. The highest BCUT2D eigenvalue weighted by Gasteiger charge is 2.20. The fourth-order valence-corrected chi connectivity index (χ4v) is 3.26. The van der Waals surface area contributed by atoms with Crippen LogP contribution in [0.3, 0.4) is 0 Å². The van der Waals surface area contributed by atoms with Crippen molar-refractivity contribution in [3.05, 3.63) is 41.1 Å². The molecule has 1 aliphatic rings. The van der Waals surface area contributed by atoms with Crippen molar-refractivity contribution < 1.29 is 0 Å². The van der Waals surface area contributed by atoms with E-state index in [1.165, 1.54) is 42.5 Å². The average molecular weight is 281 g/mol. The molecule has 3 rings (SSSR count). The Kier molecular flexibility index (Phi) is 3.91. The van der Waals surface area contributed by atoms with Crippen molar-refractivity contribution in [3.63, 3.8) is 0 Å². The largest absolute Gasteiger partial charge is 0.373 e. The minimum Gasteiger partial charge on any atom is -0.373 e. The first kappa shape index (κ1) is 14.1. The van der Waals surface area contributed by atoms with E-state index in [2.05, 4.69) is 48.4 Å². The fraction of sp³-hybridized carbons (Fsp3) is 0.444. The molecule has 1 aromatic carbocycles. The first-order valence-corrected chi connectivity index (χ1v) is 7.81. The fourth-order valence-electron chi connectivity index (χ4n) is 3.26. The van der Waals surface area contributed by atoms with Crippen molar-refractivity contribution in [2.45, 2.75) is 45.4 Å². The van der Waals surface area contributed by atoms with Crippen LogP contribution in [0.25, 0.3) is 11.4 Å². The molecule has 0 bridgehead atoms. The lowest BCUT2D eigenvalue weighted by Crippen LogP contribution is -2.04. The van der Waals surface area contributed by atoms with Crippen LogP contribution in [0.2, 0.25) is 0 Å². The molecule has 0 aliphatic heterocycles. The second kappa shape index (κ2) is 5.84. The summed E-state index contributed by atoms with van der Waals surface area (Å²) in [6.07, 6.45) is 5.16.